The lowest BCUT2D eigenvalue weighted by molar-refractivity contribution is -0.127. The smallest absolute Gasteiger partial charge is 0.256 e. The molecule has 0 aromatic heterocycles. The van der Waals surface area contributed by atoms with Gasteiger partial charge in [-0.15, -0.1) is 6.42 Å². The van der Waals surface area contributed by atoms with Gasteiger partial charge < -0.3 is 10.2 Å². The Morgan fingerprint density at radius 1 is 1.32 bits per heavy atom. The Bertz CT molecular complexity index is 720. The quantitative estimate of drug-likeness (QED) is 0.464. The SMILES string of the molecule is C#CCN(C(=O)c1ccc(C)cc1Br)C(C(=O)NCCCC)C1CCCCC1. The molecule has 1 N–H and O–H groups in total. The van der Waals surface area contributed by atoms with Gasteiger partial charge in [0.05, 0.1) is 12.1 Å². The lowest BCUT2D eigenvalue weighted by Gasteiger charge is -2.37. The fourth-order valence-electron chi connectivity index (χ4n) is 3.90. The third-order valence-electron chi connectivity index (χ3n) is 5.41. The van der Waals surface area contributed by atoms with E-state index in [0.717, 1.165) is 48.6 Å². The Labute approximate surface area is 177 Å². The second-order valence-corrected chi connectivity index (χ2v) is 8.46. The van der Waals surface area contributed by atoms with Gasteiger partial charge in [0, 0.05) is 11.0 Å². The third-order valence-corrected chi connectivity index (χ3v) is 6.06. The summed E-state index contributed by atoms with van der Waals surface area (Å²) in [6.45, 7) is 4.82. The molecule has 0 saturated heterocycles. The van der Waals surface area contributed by atoms with E-state index in [1.165, 1.54) is 6.42 Å². The van der Waals surface area contributed by atoms with E-state index in [2.05, 4.69) is 34.1 Å². The first kappa shape index (κ1) is 22.5. The fraction of sp³-hybridized carbons (Fsp3) is 0.565. The van der Waals surface area contributed by atoms with Crippen LogP contribution in [0.15, 0.2) is 22.7 Å². The molecule has 0 aliphatic heterocycles. The van der Waals surface area contributed by atoms with E-state index >= 15 is 0 Å². The van der Waals surface area contributed by atoms with Crippen LogP contribution in [0.4, 0.5) is 0 Å². The topological polar surface area (TPSA) is 49.4 Å². The van der Waals surface area contributed by atoms with Crippen LogP contribution in [0.3, 0.4) is 0 Å². The van der Waals surface area contributed by atoms with Crippen LogP contribution >= 0.6 is 15.9 Å². The zero-order chi connectivity index (χ0) is 20.5. The average molecular weight is 447 g/mol. The fourth-order valence-corrected chi connectivity index (χ4v) is 4.56. The van der Waals surface area contributed by atoms with Gasteiger partial charge in [0.1, 0.15) is 6.04 Å². The molecule has 4 nitrogen and oxygen atoms in total. The molecule has 5 heteroatoms. The number of nitrogens with zero attached hydrogens (tertiary/aromatic N) is 1. The van der Waals surface area contributed by atoms with Crippen molar-refractivity contribution in [3.63, 3.8) is 0 Å². The van der Waals surface area contributed by atoms with Crippen LogP contribution in [0.2, 0.25) is 0 Å². The van der Waals surface area contributed by atoms with E-state index in [4.69, 9.17) is 6.42 Å². The molecule has 1 atom stereocenters. The summed E-state index contributed by atoms with van der Waals surface area (Å²) in [7, 11) is 0. The van der Waals surface area contributed by atoms with E-state index in [-0.39, 0.29) is 24.3 Å². The first-order valence-corrected chi connectivity index (χ1v) is 11.1. The number of carbonyl (C=O) groups is 2. The zero-order valence-corrected chi connectivity index (χ0v) is 18.6. The maximum atomic E-state index is 13.4. The molecule has 152 valence electrons. The molecule has 1 saturated carbocycles. The van der Waals surface area contributed by atoms with Crippen molar-refractivity contribution in [1.29, 1.82) is 0 Å². The number of halogens is 1. The molecular weight excluding hydrogens is 416 g/mol. The summed E-state index contributed by atoms with van der Waals surface area (Å²) >= 11 is 3.50. The molecule has 1 unspecified atom stereocenters. The minimum atomic E-state index is -0.520. The predicted octanol–water partition coefficient (Wildman–Crippen LogP) is 4.70. The first-order valence-electron chi connectivity index (χ1n) is 10.3. The van der Waals surface area contributed by atoms with Crippen molar-refractivity contribution in [3.8, 4) is 12.3 Å². The van der Waals surface area contributed by atoms with E-state index in [1.807, 2.05) is 19.1 Å². The maximum absolute atomic E-state index is 13.4. The Morgan fingerprint density at radius 2 is 2.04 bits per heavy atom. The summed E-state index contributed by atoms with van der Waals surface area (Å²) in [6.07, 6.45) is 12.8. The van der Waals surface area contributed by atoms with Crippen LogP contribution in [0.5, 0.6) is 0 Å². The highest BCUT2D eigenvalue weighted by atomic mass is 79.9. The average Bonchev–Trinajstić information content (AvgIpc) is 2.68. The molecule has 1 aliphatic rings. The van der Waals surface area contributed by atoms with Gasteiger partial charge in [0.2, 0.25) is 5.91 Å². The molecule has 0 radical (unpaired) electrons. The van der Waals surface area contributed by atoms with Gasteiger partial charge in [-0.3, -0.25) is 9.59 Å². The van der Waals surface area contributed by atoms with Crippen molar-refractivity contribution in [2.24, 2.45) is 5.92 Å². The Morgan fingerprint density at radius 3 is 2.64 bits per heavy atom. The molecule has 1 fully saturated rings. The normalized spacial score (nSPS) is 15.5. The predicted molar refractivity (Wildman–Crippen MR) is 117 cm³/mol. The summed E-state index contributed by atoms with van der Waals surface area (Å²) in [6, 6.07) is 5.10. The second kappa shape index (κ2) is 11.3. The summed E-state index contributed by atoms with van der Waals surface area (Å²) in [5.41, 5.74) is 1.61. The number of amides is 2. The molecule has 0 spiro atoms. The lowest BCUT2D eigenvalue weighted by atomic mass is 9.82. The van der Waals surface area contributed by atoms with Crippen molar-refractivity contribution in [2.45, 2.75) is 64.8 Å². The molecule has 2 rings (SSSR count). The maximum Gasteiger partial charge on any atom is 0.256 e. The molecule has 0 bridgehead atoms. The summed E-state index contributed by atoms with van der Waals surface area (Å²) < 4.78 is 0.730. The molecule has 1 aliphatic carbocycles. The van der Waals surface area contributed by atoms with Gasteiger partial charge in [-0.1, -0.05) is 44.6 Å². The second-order valence-electron chi connectivity index (χ2n) is 7.61. The lowest BCUT2D eigenvalue weighted by Crippen LogP contribution is -2.54. The van der Waals surface area contributed by atoms with Gasteiger partial charge in [-0.2, -0.15) is 0 Å². The zero-order valence-electron chi connectivity index (χ0n) is 17.0. The Balaban J connectivity index is 2.34. The number of nitrogens with one attached hydrogen (secondary N) is 1. The number of aryl methyl sites for hydroxylation is 1. The molecule has 1 aromatic rings. The van der Waals surface area contributed by atoms with Crippen LogP contribution in [0, 0.1) is 25.2 Å². The van der Waals surface area contributed by atoms with Crippen LogP contribution in [-0.4, -0.2) is 35.8 Å². The standard InChI is InChI=1S/C23H31BrN2O2/c1-4-6-14-25-22(27)21(18-10-8-7-9-11-18)26(15-5-2)23(28)19-13-12-17(3)16-20(19)24/h2,12-13,16,18,21H,4,6-11,14-15H2,1,3H3,(H,25,27). The highest BCUT2D eigenvalue weighted by Gasteiger charge is 2.37. The van der Waals surface area contributed by atoms with Crippen LogP contribution < -0.4 is 5.32 Å². The molecule has 28 heavy (non-hydrogen) atoms. The van der Waals surface area contributed by atoms with E-state index in [0.29, 0.717) is 12.1 Å². The Hall–Kier alpha value is -1.80. The highest BCUT2D eigenvalue weighted by molar-refractivity contribution is 9.10. The summed E-state index contributed by atoms with van der Waals surface area (Å²) in [4.78, 5) is 28.1. The molecule has 1 aromatic carbocycles. The van der Waals surface area contributed by atoms with E-state index in [1.54, 1.807) is 11.0 Å². The molecule has 0 heterocycles. The third kappa shape index (κ3) is 5.85. The number of hydrogen-bond acceptors (Lipinski definition) is 2. The van der Waals surface area contributed by atoms with Gasteiger partial charge >= 0.3 is 0 Å². The number of terminal acetylenes is 1. The highest BCUT2D eigenvalue weighted by Crippen LogP contribution is 2.31. The van der Waals surface area contributed by atoms with Gasteiger partial charge in [0.15, 0.2) is 0 Å². The van der Waals surface area contributed by atoms with E-state index < -0.39 is 6.04 Å². The van der Waals surface area contributed by atoms with Gasteiger partial charge in [-0.05, 0) is 65.7 Å². The Kier molecular flexibility index (Phi) is 9.05. The number of carbonyl (C=O) groups excluding carboxylic acids is 2. The van der Waals surface area contributed by atoms with Crippen molar-refractivity contribution < 1.29 is 9.59 Å². The summed E-state index contributed by atoms with van der Waals surface area (Å²) in [5.74, 6) is 2.49. The van der Waals surface area contributed by atoms with Crippen LogP contribution in [0.1, 0.15) is 67.8 Å². The van der Waals surface area contributed by atoms with Crippen LogP contribution in [0.25, 0.3) is 0 Å². The largest absolute Gasteiger partial charge is 0.354 e. The number of benzene rings is 1. The molecular formula is C23H31BrN2O2. The first-order chi connectivity index (χ1) is 13.5. The number of hydrogen-bond donors (Lipinski definition) is 1. The monoisotopic (exact) mass is 446 g/mol. The molecule has 2 amide bonds. The van der Waals surface area contributed by atoms with Crippen LogP contribution in [-0.2, 0) is 4.79 Å². The van der Waals surface area contributed by atoms with Crippen molar-refractivity contribution >= 4 is 27.7 Å². The minimum Gasteiger partial charge on any atom is -0.354 e. The van der Waals surface area contributed by atoms with E-state index in [9.17, 15) is 9.59 Å². The van der Waals surface area contributed by atoms with Crippen molar-refractivity contribution in [2.75, 3.05) is 13.1 Å². The number of unbranched alkanes of at least 4 members (excludes halogenated alkanes) is 1. The number of rotatable bonds is 8. The summed E-state index contributed by atoms with van der Waals surface area (Å²) in [5, 5.41) is 3.04. The van der Waals surface area contributed by atoms with Crippen molar-refractivity contribution in [1.82, 2.24) is 10.2 Å². The van der Waals surface area contributed by atoms with Gasteiger partial charge in [0.25, 0.3) is 5.91 Å². The minimum absolute atomic E-state index is 0.0767. The van der Waals surface area contributed by atoms with Gasteiger partial charge in [-0.25, -0.2) is 0 Å². The van der Waals surface area contributed by atoms with Crippen molar-refractivity contribution in [3.05, 3.63) is 33.8 Å².